The van der Waals surface area contributed by atoms with Gasteiger partial charge in [0.2, 0.25) is 0 Å². The molecule has 1 aliphatic rings. The van der Waals surface area contributed by atoms with Gasteiger partial charge in [-0.3, -0.25) is 0 Å². The molecule has 0 aliphatic carbocycles. The van der Waals surface area contributed by atoms with Gasteiger partial charge < -0.3 is 19.3 Å². The average molecular weight is 266 g/mol. The van der Waals surface area contributed by atoms with Crippen LogP contribution in [0.15, 0.2) is 18.2 Å². The van der Waals surface area contributed by atoms with E-state index in [0.29, 0.717) is 11.3 Å². The van der Waals surface area contributed by atoms with Gasteiger partial charge in [-0.05, 0) is 19.1 Å². The largest absolute Gasteiger partial charge is 0.496 e. The summed E-state index contributed by atoms with van der Waals surface area (Å²) in [5.74, 6) is 0.0260. The molecule has 1 aromatic rings. The third-order valence-electron chi connectivity index (χ3n) is 3.35. The predicted octanol–water partition coefficient (Wildman–Crippen LogP) is 1.15. The minimum atomic E-state index is -1.29. The summed E-state index contributed by atoms with van der Waals surface area (Å²) in [4.78, 5) is 12.1. The number of benzene rings is 1. The fourth-order valence-electron chi connectivity index (χ4n) is 2.43. The Bertz CT molecular complexity index is 485. The van der Waals surface area contributed by atoms with Crippen LogP contribution in [0.25, 0.3) is 0 Å². The van der Waals surface area contributed by atoms with Crippen molar-refractivity contribution in [1.29, 1.82) is 0 Å². The molecule has 5 nitrogen and oxygen atoms in total. The maximum absolute atomic E-state index is 12.1. The normalized spacial score (nSPS) is 26.2. The topological polar surface area (TPSA) is 65.0 Å². The molecular weight excluding hydrogens is 248 g/mol. The third-order valence-corrected chi connectivity index (χ3v) is 3.35. The molecule has 1 saturated heterocycles. The van der Waals surface area contributed by atoms with E-state index in [9.17, 15) is 9.90 Å². The van der Waals surface area contributed by atoms with Gasteiger partial charge in [0.1, 0.15) is 5.75 Å². The fraction of sp³-hybridized carbons (Fsp3) is 0.500. The first-order chi connectivity index (χ1) is 9.03. The maximum atomic E-state index is 12.1. The van der Waals surface area contributed by atoms with Crippen molar-refractivity contribution < 1.29 is 24.1 Å². The van der Waals surface area contributed by atoms with Crippen LogP contribution in [-0.4, -0.2) is 38.0 Å². The van der Waals surface area contributed by atoms with Crippen LogP contribution in [0.5, 0.6) is 5.75 Å². The lowest BCUT2D eigenvalue weighted by Gasteiger charge is -2.27. The zero-order valence-electron chi connectivity index (χ0n) is 11.3. The highest BCUT2D eigenvalue weighted by Crippen LogP contribution is 2.42. The van der Waals surface area contributed by atoms with Crippen molar-refractivity contribution in [2.45, 2.75) is 25.0 Å². The van der Waals surface area contributed by atoms with Gasteiger partial charge in [-0.25, -0.2) is 4.79 Å². The summed E-state index contributed by atoms with van der Waals surface area (Å²) < 4.78 is 15.7. The Kier molecular flexibility index (Phi) is 3.78. The van der Waals surface area contributed by atoms with Gasteiger partial charge in [0.25, 0.3) is 0 Å². The second kappa shape index (κ2) is 5.19. The van der Waals surface area contributed by atoms with E-state index >= 15 is 0 Å². The van der Waals surface area contributed by atoms with E-state index in [4.69, 9.17) is 14.2 Å². The molecule has 0 spiro atoms. The number of hydrogen-bond donors (Lipinski definition) is 1. The summed E-state index contributed by atoms with van der Waals surface area (Å²) in [6.07, 6.45) is -0.524. The van der Waals surface area contributed by atoms with Crippen LogP contribution in [0.4, 0.5) is 0 Å². The fourth-order valence-corrected chi connectivity index (χ4v) is 2.43. The van der Waals surface area contributed by atoms with Crippen LogP contribution in [-0.2, 0) is 19.9 Å². The Labute approximate surface area is 112 Å². The Morgan fingerprint density at radius 2 is 2.21 bits per heavy atom. The molecule has 0 bridgehead atoms. The molecule has 2 atom stereocenters. The first kappa shape index (κ1) is 13.8. The minimum absolute atomic E-state index is 0.103. The van der Waals surface area contributed by atoms with Gasteiger partial charge in [0.15, 0.2) is 5.60 Å². The van der Waals surface area contributed by atoms with Crippen molar-refractivity contribution in [3.8, 4) is 5.75 Å². The van der Waals surface area contributed by atoms with E-state index in [1.165, 1.54) is 14.2 Å². The van der Waals surface area contributed by atoms with Gasteiger partial charge in [-0.1, -0.05) is 11.6 Å². The number of aryl methyl sites for hydroxylation is 1. The number of ether oxygens (including phenoxy) is 3. The first-order valence-corrected chi connectivity index (χ1v) is 6.09. The van der Waals surface area contributed by atoms with Crippen molar-refractivity contribution in [2.24, 2.45) is 0 Å². The molecule has 0 aromatic heterocycles. The molecule has 1 heterocycles. The molecule has 0 radical (unpaired) electrons. The molecular formula is C14H18O5. The monoisotopic (exact) mass is 266 g/mol. The van der Waals surface area contributed by atoms with Crippen molar-refractivity contribution in [1.82, 2.24) is 0 Å². The summed E-state index contributed by atoms with van der Waals surface area (Å²) in [5.41, 5.74) is 0.286. The number of esters is 1. The highest BCUT2D eigenvalue weighted by Gasteiger charge is 2.50. The van der Waals surface area contributed by atoms with E-state index in [1.807, 2.05) is 19.1 Å². The molecule has 5 heteroatoms. The number of hydrogen-bond acceptors (Lipinski definition) is 5. The third kappa shape index (κ3) is 2.31. The van der Waals surface area contributed by atoms with Crippen LogP contribution in [0.3, 0.4) is 0 Å². The SMILES string of the molecule is COC(=O)[C@]1(c2cc(C)ccc2OC)C[C@H](O)CO1. The van der Waals surface area contributed by atoms with Gasteiger partial charge in [0, 0.05) is 12.0 Å². The molecule has 0 unspecified atom stereocenters. The van der Waals surface area contributed by atoms with Gasteiger partial charge >= 0.3 is 5.97 Å². The number of carbonyl (C=O) groups is 1. The van der Waals surface area contributed by atoms with Crippen molar-refractivity contribution >= 4 is 5.97 Å². The second-order valence-electron chi connectivity index (χ2n) is 4.69. The number of methoxy groups -OCH3 is 2. The van der Waals surface area contributed by atoms with Crippen LogP contribution in [0.1, 0.15) is 17.5 Å². The van der Waals surface area contributed by atoms with E-state index in [2.05, 4.69) is 0 Å². The standard InChI is InChI=1S/C14H18O5/c1-9-4-5-12(17-2)11(6-9)14(13(16)18-3)7-10(15)8-19-14/h4-6,10,15H,7-8H2,1-3H3/t10-,14+/m0/s1. The number of aliphatic hydroxyl groups is 1. The van der Waals surface area contributed by atoms with E-state index in [0.717, 1.165) is 5.56 Å². The van der Waals surface area contributed by atoms with E-state index < -0.39 is 17.7 Å². The Morgan fingerprint density at radius 1 is 1.47 bits per heavy atom. The molecule has 1 fully saturated rings. The molecule has 104 valence electrons. The van der Waals surface area contributed by atoms with E-state index in [1.54, 1.807) is 6.07 Å². The van der Waals surface area contributed by atoms with Gasteiger partial charge in [-0.15, -0.1) is 0 Å². The lowest BCUT2D eigenvalue weighted by atomic mass is 9.88. The van der Waals surface area contributed by atoms with Crippen LogP contribution in [0, 0.1) is 6.92 Å². The quantitative estimate of drug-likeness (QED) is 0.831. The zero-order chi connectivity index (χ0) is 14.0. The van der Waals surface area contributed by atoms with Crippen LogP contribution < -0.4 is 4.74 Å². The minimum Gasteiger partial charge on any atom is -0.496 e. The van der Waals surface area contributed by atoms with Gasteiger partial charge in [0.05, 0.1) is 26.9 Å². The molecule has 0 saturated carbocycles. The summed E-state index contributed by atoms with van der Waals surface area (Å²) in [6.45, 7) is 2.02. The number of aliphatic hydroxyl groups excluding tert-OH is 1. The van der Waals surface area contributed by atoms with Crippen molar-refractivity contribution in [2.75, 3.05) is 20.8 Å². The Morgan fingerprint density at radius 3 is 2.74 bits per heavy atom. The molecule has 1 aliphatic heterocycles. The average Bonchev–Trinajstić information content (AvgIpc) is 2.81. The van der Waals surface area contributed by atoms with E-state index in [-0.39, 0.29) is 13.0 Å². The maximum Gasteiger partial charge on any atom is 0.343 e. The van der Waals surface area contributed by atoms with Crippen molar-refractivity contribution in [3.05, 3.63) is 29.3 Å². The second-order valence-corrected chi connectivity index (χ2v) is 4.69. The molecule has 19 heavy (non-hydrogen) atoms. The summed E-state index contributed by atoms with van der Waals surface area (Å²) in [6, 6.07) is 5.50. The smallest absolute Gasteiger partial charge is 0.343 e. The van der Waals surface area contributed by atoms with Crippen molar-refractivity contribution in [3.63, 3.8) is 0 Å². The first-order valence-electron chi connectivity index (χ1n) is 6.09. The highest BCUT2D eigenvalue weighted by atomic mass is 16.6. The summed E-state index contributed by atoms with van der Waals surface area (Å²) >= 11 is 0. The zero-order valence-corrected chi connectivity index (χ0v) is 11.3. The summed E-state index contributed by atoms with van der Waals surface area (Å²) in [7, 11) is 2.84. The Balaban J connectivity index is 2.56. The van der Waals surface area contributed by atoms with Gasteiger partial charge in [-0.2, -0.15) is 0 Å². The summed E-state index contributed by atoms with van der Waals surface area (Å²) in [5, 5.41) is 9.73. The molecule has 1 aromatic carbocycles. The predicted molar refractivity (Wildman–Crippen MR) is 68.0 cm³/mol. The number of carbonyl (C=O) groups excluding carboxylic acids is 1. The molecule has 1 N–H and O–H groups in total. The molecule has 0 amide bonds. The highest BCUT2D eigenvalue weighted by molar-refractivity contribution is 5.83. The lowest BCUT2D eigenvalue weighted by molar-refractivity contribution is -0.165. The Hall–Kier alpha value is -1.59. The lowest BCUT2D eigenvalue weighted by Crippen LogP contribution is -2.37. The van der Waals surface area contributed by atoms with Crippen LogP contribution >= 0.6 is 0 Å². The molecule has 2 rings (SSSR count). The number of rotatable bonds is 3. The van der Waals surface area contributed by atoms with Crippen LogP contribution in [0.2, 0.25) is 0 Å².